The Bertz CT molecular complexity index is 261. The number of carbonyl (C=O) groups excluding carboxylic acids is 1. The second kappa shape index (κ2) is 5.18. The van der Waals surface area contributed by atoms with Crippen molar-refractivity contribution < 1.29 is 13.2 Å². The van der Waals surface area contributed by atoms with Crippen LogP contribution in [0.15, 0.2) is 0 Å². The Morgan fingerprint density at radius 3 is 2.31 bits per heavy atom. The molecule has 0 atom stereocenters. The highest BCUT2D eigenvalue weighted by molar-refractivity contribution is 7.87. The van der Waals surface area contributed by atoms with Crippen molar-refractivity contribution in [2.24, 2.45) is 0 Å². The van der Waals surface area contributed by atoms with E-state index in [0.717, 1.165) is 10.7 Å². The molecular formula is C7H16N2O3S. The van der Waals surface area contributed by atoms with Crippen LogP contribution in [0.4, 0.5) is 0 Å². The highest BCUT2D eigenvalue weighted by atomic mass is 32.2. The monoisotopic (exact) mass is 208 g/mol. The number of hydrogen-bond acceptors (Lipinski definition) is 3. The van der Waals surface area contributed by atoms with Gasteiger partial charge in [-0.2, -0.15) is 12.7 Å². The molecule has 0 bridgehead atoms. The van der Waals surface area contributed by atoms with Crippen LogP contribution in [0.3, 0.4) is 0 Å². The average Bonchev–Trinajstić information content (AvgIpc) is 2.04. The van der Waals surface area contributed by atoms with E-state index >= 15 is 0 Å². The third kappa shape index (κ3) is 4.23. The van der Waals surface area contributed by atoms with Crippen LogP contribution in [0.25, 0.3) is 0 Å². The van der Waals surface area contributed by atoms with Gasteiger partial charge in [-0.3, -0.25) is 4.79 Å². The van der Waals surface area contributed by atoms with E-state index < -0.39 is 16.1 Å². The summed E-state index contributed by atoms with van der Waals surface area (Å²) in [7, 11) is -2.16. The first-order valence-electron chi connectivity index (χ1n) is 4.21. The van der Waals surface area contributed by atoms with Crippen molar-refractivity contribution in [3.8, 4) is 0 Å². The molecule has 0 aromatic rings. The van der Waals surface area contributed by atoms with E-state index in [1.165, 1.54) is 7.05 Å². The molecule has 1 N–H and O–H groups in total. The Hall–Kier alpha value is -0.620. The molecule has 0 fully saturated rings. The van der Waals surface area contributed by atoms with Crippen molar-refractivity contribution in [2.75, 3.05) is 13.6 Å². The van der Waals surface area contributed by atoms with Crippen molar-refractivity contribution in [2.45, 2.75) is 26.7 Å². The van der Waals surface area contributed by atoms with Crippen LogP contribution in [0.1, 0.15) is 26.7 Å². The molecule has 5 nitrogen and oxygen atoms in total. The molecule has 0 saturated heterocycles. The van der Waals surface area contributed by atoms with Crippen molar-refractivity contribution in [3.63, 3.8) is 0 Å². The predicted octanol–water partition coefficient (Wildman–Crippen LogP) is 0.0992. The summed E-state index contributed by atoms with van der Waals surface area (Å²) in [5.41, 5.74) is 0. The summed E-state index contributed by atoms with van der Waals surface area (Å²) in [6.07, 6.45) is 0.886. The summed E-state index contributed by atoms with van der Waals surface area (Å²) in [6.45, 7) is 3.88. The summed E-state index contributed by atoms with van der Waals surface area (Å²) in [5.74, 6) is -0.483. The average molecular weight is 208 g/mol. The number of nitrogens with zero attached hydrogens (tertiary/aromatic N) is 1. The maximum Gasteiger partial charge on any atom is 0.303 e. The molecular weight excluding hydrogens is 192 g/mol. The lowest BCUT2D eigenvalue weighted by Gasteiger charge is -2.15. The molecule has 0 aromatic carbocycles. The highest BCUT2D eigenvalue weighted by Gasteiger charge is 2.18. The zero-order chi connectivity index (χ0) is 10.5. The normalized spacial score (nSPS) is 11.7. The predicted molar refractivity (Wildman–Crippen MR) is 50.3 cm³/mol. The molecule has 0 aromatic heterocycles. The minimum atomic E-state index is -3.60. The molecule has 0 aliphatic rings. The van der Waals surface area contributed by atoms with Crippen LogP contribution in [-0.2, 0) is 15.0 Å². The quantitative estimate of drug-likeness (QED) is 0.696. The van der Waals surface area contributed by atoms with Gasteiger partial charge < -0.3 is 0 Å². The first-order valence-corrected chi connectivity index (χ1v) is 5.65. The molecule has 0 heterocycles. The number of amides is 1. The molecule has 0 unspecified atom stereocenters. The molecule has 1 amide bonds. The smallest absolute Gasteiger partial charge is 0.274 e. The lowest BCUT2D eigenvalue weighted by atomic mass is 10.5. The van der Waals surface area contributed by atoms with Gasteiger partial charge in [0, 0.05) is 20.0 Å². The zero-order valence-electron chi connectivity index (χ0n) is 8.20. The summed E-state index contributed by atoms with van der Waals surface area (Å²) in [4.78, 5) is 10.8. The van der Waals surface area contributed by atoms with Gasteiger partial charge in [-0.1, -0.05) is 13.8 Å². The van der Waals surface area contributed by atoms with Crippen LogP contribution in [0.2, 0.25) is 0 Å². The molecule has 78 valence electrons. The van der Waals surface area contributed by atoms with Crippen LogP contribution >= 0.6 is 0 Å². The van der Waals surface area contributed by atoms with Crippen LogP contribution in [-0.4, -0.2) is 32.2 Å². The Morgan fingerprint density at radius 1 is 1.38 bits per heavy atom. The van der Waals surface area contributed by atoms with Gasteiger partial charge >= 0.3 is 10.2 Å². The Morgan fingerprint density at radius 2 is 1.92 bits per heavy atom. The van der Waals surface area contributed by atoms with E-state index in [4.69, 9.17) is 0 Å². The van der Waals surface area contributed by atoms with Crippen LogP contribution in [0.5, 0.6) is 0 Å². The van der Waals surface area contributed by atoms with Gasteiger partial charge in [0.05, 0.1) is 0 Å². The fourth-order valence-corrected chi connectivity index (χ4v) is 1.74. The largest absolute Gasteiger partial charge is 0.303 e. The van der Waals surface area contributed by atoms with Crippen molar-refractivity contribution in [1.29, 1.82) is 0 Å². The number of nitrogens with one attached hydrogen (secondary N) is 1. The molecule has 0 radical (unpaired) electrons. The minimum absolute atomic E-state index is 0.166. The van der Waals surface area contributed by atoms with E-state index in [9.17, 15) is 13.2 Å². The molecule has 0 rings (SSSR count). The number of hydrogen-bond donors (Lipinski definition) is 1. The van der Waals surface area contributed by atoms with Crippen LogP contribution < -0.4 is 4.72 Å². The number of rotatable bonds is 5. The minimum Gasteiger partial charge on any atom is -0.274 e. The van der Waals surface area contributed by atoms with E-state index in [1.807, 2.05) is 11.6 Å². The third-order valence-electron chi connectivity index (χ3n) is 1.51. The van der Waals surface area contributed by atoms with Gasteiger partial charge in [0.25, 0.3) is 0 Å². The summed E-state index contributed by atoms with van der Waals surface area (Å²) < 4.78 is 25.6. The SMILES string of the molecule is CCCN(C)S(=O)(=O)NC(=O)CC. The fraction of sp³-hybridized carbons (Fsp3) is 0.857. The molecule has 13 heavy (non-hydrogen) atoms. The maximum atomic E-state index is 11.3. The highest BCUT2D eigenvalue weighted by Crippen LogP contribution is 1.95. The van der Waals surface area contributed by atoms with E-state index in [1.54, 1.807) is 6.92 Å². The van der Waals surface area contributed by atoms with E-state index in [2.05, 4.69) is 0 Å². The van der Waals surface area contributed by atoms with Gasteiger partial charge in [0.1, 0.15) is 0 Å². The van der Waals surface area contributed by atoms with Gasteiger partial charge in [0.2, 0.25) is 5.91 Å². The first kappa shape index (κ1) is 12.4. The lowest BCUT2D eigenvalue weighted by Crippen LogP contribution is -2.41. The van der Waals surface area contributed by atoms with Crippen molar-refractivity contribution in [3.05, 3.63) is 0 Å². The van der Waals surface area contributed by atoms with E-state index in [0.29, 0.717) is 6.54 Å². The standard InChI is InChI=1S/C7H16N2O3S/c1-4-6-9(3)13(11,12)8-7(10)5-2/h4-6H2,1-3H3,(H,8,10). The van der Waals surface area contributed by atoms with Gasteiger partial charge in [-0.15, -0.1) is 0 Å². The Kier molecular flexibility index (Phi) is 4.94. The summed E-state index contributed by atoms with van der Waals surface area (Å²) in [6, 6.07) is 0. The summed E-state index contributed by atoms with van der Waals surface area (Å²) >= 11 is 0. The molecule has 0 spiro atoms. The Balaban J connectivity index is 4.31. The van der Waals surface area contributed by atoms with E-state index in [-0.39, 0.29) is 6.42 Å². The Labute approximate surface area is 79.3 Å². The van der Waals surface area contributed by atoms with Crippen LogP contribution in [0, 0.1) is 0 Å². The van der Waals surface area contributed by atoms with Gasteiger partial charge in [0.15, 0.2) is 0 Å². The third-order valence-corrected chi connectivity index (χ3v) is 3.00. The first-order chi connectivity index (χ1) is 5.94. The van der Waals surface area contributed by atoms with Gasteiger partial charge in [-0.25, -0.2) is 4.72 Å². The molecule has 0 aliphatic carbocycles. The maximum absolute atomic E-state index is 11.3. The fourth-order valence-electron chi connectivity index (χ4n) is 0.729. The second-order valence-corrected chi connectivity index (χ2v) is 4.48. The lowest BCUT2D eigenvalue weighted by molar-refractivity contribution is -0.119. The number of carbonyl (C=O) groups is 1. The second-order valence-electron chi connectivity index (χ2n) is 2.71. The van der Waals surface area contributed by atoms with Crippen molar-refractivity contribution >= 4 is 16.1 Å². The van der Waals surface area contributed by atoms with Gasteiger partial charge in [-0.05, 0) is 6.42 Å². The molecule has 0 saturated carbocycles. The zero-order valence-corrected chi connectivity index (χ0v) is 9.02. The molecule has 6 heteroatoms. The molecule has 0 aliphatic heterocycles. The topological polar surface area (TPSA) is 66.5 Å². The summed E-state index contributed by atoms with van der Waals surface area (Å²) in [5, 5.41) is 0. The van der Waals surface area contributed by atoms with Crippen molar-refractivity contribution in [1.82, 2.24) is 9.03 Å².